The largest absolute Gasteiger partial charge is 0.370 e. The lowest BCUT2D eigenvalue weighted by Crippen LogP contribution is -2.50. The van der Waals surface area contributed by atoms with E-state index in [2.05, 4.69) is 30.9 Å². The monoisotopic (exact) mass is 526 g/mol. The van der Waals surface area contributed by atoms with Gasteiger partial charge in [0.1, 0.15) is 11.6 Å². The number of benzene rings is 1. The number of nitrogens with two attached hydrogens (primary N) is 1. The van der Waals surface area contributed by atoms with Crippen LogP contribution in [-0.2, 0) is 0 Å². The lowest BCUT2D eigenvalue weighted by Gasteiger charge is -2.33. The third-order valence-electron chi connectivity index (χ3n) is 5.39. The summed E-state index contributed by atoms with van der Waals surface area (Å²) in [6.45, 7) is 2.01. The number of amides is 1. The first-order valence-electron chi connectivity index (χ1n) is 10.4. The molecule has 2 heterocycles. The van der Waals surface area contributed by atoms with Gasteiger partial charge in [0.15, 0.2) is 5.96 Å². The molecule has 0 bridgehead atoms. The van der Waals surface area contributed by atoms with E-state index in [0.717, 1.165) is 36.6 Å². The first-order chi connectivity index (χ1) is 15.0. The number of halogens is 3. The number of fused-ring (bicyclic) bond motifs is 1. The maximum Gasteiger partial charge on any atom is 0.294 e. The van der Waals surface area contributed by atoms with Crippen molar-refractivity contribution >= 4 is 71.6 Å². The van der Waals surface area contributed by atoms with Crippen LogP contribution in [0.2, 0.25) is 0 Å². The molecule has 34 heavy (non-hydrogen) atoms. The van der Waals surface area contributed by atoms with Crippen LogP contribution in [0.3, 0.4) is 0 Å². The van der Waals surface area contributed by atoms with Crippen molar-refractivity contribution in [3.63, 3.8) is 0 Å². The Kier molecular flexibility index (Phi) is 11.3. The SMILES string of the molecule is Cc1ccc2nc(C(=O)Nc3ccccn3)nc(N[C@H]3CCCC[C@H]3NC(=N)N)c2c1.Cl.Cl.Cl. The van der Waals surface area contributed by atoms with E-state index in [1.165, 1.54) is 0 Å². The quantitative estimate of drug-likeness (QED) is 0.249. The minimum Gasteiger partial charge on any atom is -0.370 e. The number of anilines is 2. The Morgan fingerprint density at radius 3 is 2.47 bits per heavy atom. The number of carbonyl (C=O) groups is 1. The number of hydrogen-bond donors (Lipinski definition) is 5. The molecule has 1 amide bonds. The molecule has 0 radical (unpaired) electrons. The summed E-state index contributed by atoms with van der Waals surface area (Å²) in [4.78, 5) is 26.0. The molecule has 0 spiro atoms. The molecular formula is C22H29Cl3N8O. The van der Waals surface area contributed by atoms with Crippen LogP contribution in [0.5, 0.6) is 0 Å². The van der Waals surface area contributed by atoms with Gasteiger partial charge in [-0.3, -0.25) is 10.2 Å². The fraction of sp³-hybridized carbons (Fsp3) is 0.318. The number of guanidine groups is 1. The summed E-state index contributed by atoms with van der Waals surface area (Å²) in [5, 5.41) is 17.8. The van der Waals surface area contributed by atoms with Crippen molar-refractivity contribution in [3.05, 3.63) is 54.0 Å². The van der Waals surface area contributed by atoms with Gasteiger partial charge in [-0.2, -0.15) is 0 Å². The lowest BCUT2D eigenvalue weighted by atomic mass is 9.90. The smallest absolute Gasteiger partial charge is 0.294 e. The standard InChI is InChI=1S/C22H26N8O.3ClH/c1-13-9-10-15-14(12-13)19(27-16-6-2-3-7-17(16)28-22(23)24)30-20(26-15)21(31)29-18-8-4-5-11-25-18;;;/h4-5,8-12,16-17H,2-3,6-7H2,1H3,(H4,23,24,28)(H,25,29,31)(H,26,27,30);3*1H/t16-,17+;;;/m0.../s1. The Morgan fingerprint density at radius 1 is 1.06 bits per heavy atom. The van der Waals surface area contributed by atoms with E-state index in [1.807, 2.05) is 25.1 Å². The molecule has 0 saturated heterocycles. The second-order valence-electron chi connectivity index (χ2n) is 7.79. The molecule has 12 heteroatoms. The molecule has 2 atom stereocenters. The van der Waals surface area contributed by atoms with Crippen LogP contribution in [-0.4, -0.2) is 38.9 Å². The molecular weight excluding hydrogens is 499 g/mol. The third-order valence-corrected chi connectivity index (χ3v) is 5.39. The Morgan fingerprint density at radius 2 is 1.79 bits per heavy atom. The highest BCUT2D eigenvalue weighted by molar-refractivity contribution is 6.03. The van der Waals surface area contributed by atoms with Gasteiger partial charge in [-0.25, -0.2) is 15.0 Å². The molecule has 184 valence electrons. The molecule has 1 aliphatic rings. The molecule has 2 aromatic heterocycles. The zero-order valence-electron chi connectivity index (χ0n) is 18.6. The van der Waals surface area contributed by atoms with E-state index in [0.29, 0.717) is 17.2 Å². The minimum atomic E-state index is -0.425. The summed E-state index contributed by atoms with van der Waals surface area (Å²) < 4.78 is 0. The number of aromatic nitrogens is 3. The molecule has 6 N–H and O–H groups in total. The van der Waals surface area contributed by atoms with Crippen LogP contribution in [0.15, 0.2) is 42.6 Å². The highest BCUT2D eigenvalue weighted by atomic mass is 35.5. The Hall–Kier alpha value is -2.88. The average molecular weight is 528 g/mol. The van der Waals surface area contributed by atoms with E-state index in [9.17, 15) is 4.79 Å². The molecule has 1 aromatic carbocycles. The Labute approximate surface area is 216 Å². The summed E-state index contributed by atoms with van der Waals surface area (Å²) in [7, 11) is 0. The van der Waals surface area contributed by atoms with Crippen LogP contribution in [0, 0.1) is 12.3 Å². The molecule has 4 rings (SSSR count). The van der Waals surface area contributed by atoms with Gasteiger partial charge in [0.25, 0.3) is 5.91 Å². The fourth-order valence-electron chi connectivity index (χ4n) is 3.91. The van der Waals surface area contributed by atoms with Gasteiger partial charge < -0.3 is 21.7 Å². The van der Waals surface area contributed by atoms with Crippen molar-refractivity contribution in [2.45, 2.75) is 44.7 Å². The van der Waals surface area contributed by atoms with Crippen LogP contribution in [0.25, 0.3) is 10.9 Å². The lowest BCUT2D eigenvalue weighted by molar-refractivity contribution is 0.101. The van der Waals surface area contributed by atoms with Gasteiger partial charge in [-0.1, -0.05) is 30.5 Å². The number of pyridine rings is 1. The summed E-state index contributed by atoms with van der Waals surface area (Å²) in [5.74, 6) is 0.634. The first-order valence-corrected chi connectivity index (χ1v) is 10.4. The maximum absolute atomic E-state index is 12.8. The fourth-order valence-corrected chi connectivity index (χ4v) is 3.91. The minimum absolute atomic E-state index is 0. The number of nitrogens with zero attached hydrogens (tertiary/aromatic N) is 3. The second-order valence-corrected chi connectivity index (χ2v) is 7.79. The van der Waals surface area contributed by atoms with Gasteiger partial charge in [0.2, 0.25) is 5.82 Å². The van der Waals surface area contributed by atoms with E-state index in [4.69, 9.17) is 11.1 Å². The van der Waals surface area contributed by atoms with Gasteiger partial charge in [0, 0.05) is 23.7 Å². The first kappa shape index (κ1) is 29.2. The number of hydrogen-bond acceptors (Lipinski definition) is 6. The van der Waals surface area contributed by atoms with E-state index in [1.54, 1.807) is 24.4 Å². The normalized spacial score (nSPS) is 16.7. The maximum atomic E-state index is 12.8. The highest BCUT2D eigenvalue weighted by Gasteiger charge is 2.27. The molecule has 3 aromatic rings. The molecule has 1 saturated carbocycles. The predicted molar refractivity (Wildman–Crippen MR) is 143 cm³/mol. The van der Waals surface area contributed by atoms with Crippen LogP contribution < -0.4 is 21.7 Å². The molecule has 1 aliphatic carbocycles. The molecule has 0 unspecified atom stereocenters. The topological polar surface area (TPSA) is 142 Å². The van der Waals surface area contributed by atoms with Crippen LogP contribution in [0.4, 0.5) is 11.6 Å². The van der Waals surface area contributed by atoms with Crippen molar-refractivity contribution in [3.8, 4) is 0 Å². The van der Waals surface area contributed by atoms with Crippen LogP contribution in [0.1, 0.15) is 41.9 Å². The summed E-state index contributed by atoms with van der Waals surface area (Å²) in [6.07, 6.45) is 5.58. The zero-order valence-corrected chi connectivity index (χ0v) is 21.0. The second kappa shape index (κ2) is 13.1. The van der Waals surface area contributed by atoms with Gasteiger partial charge in [0.05, 0.1) is 5.52 Å². The van der Waals surface area contributed by atoms with E-state index < -0.39 is 5.91 Å². The van der Waals surface area contributed by atoms with Crippen molar-refractivity contribution in [2.75, 3.05) is 10.6 Å². The molecule has 1 fully saturated rings. The summed E-state index contributed by atoms with van der Waals surface area (Å²) in [5.41, 5.74) is 7.34. The van der Waals surface area contributed by atoms with Crippen molar-refractivity contribution < 1.29 is 4.79 Å². The molecule has 9 nitrogen and oxygen atoms in total. The van der Waals surface area contributed by atoms with E-state index in [-0.39, 0.29) is 61.1 Å². The van der Waals surface area contributed by atoms with Crippen LogP contribution >= 0.6 is 37.2 Å². The third kappa shape index (κ3) is 7.06. The number of rotatable bonds is 5. The predicted octanol–water partition coefficient (Wildman–Crippen LogP) is 4.06. The zero-order chi connectivity index (χ0) is 21.8. The Bertz CT molecular complexity index is 1120. The summed E-state index contributed by atoms with van der Waals surface area (Å²) in [6, 6.07) is 11.2. The highest BCUT2D eigenvalue weighted by Crippen LogP contribution is 2.27. The number of carbonyl (C=O) groups excluding carboxylic acids is 1. The number of aryl methyl sites for hydroxylation is 1. The average Bonchev–Trinajstić information content (AvgIpc) is 2.75. The van der Waals surface area contributed by atoms with Gasteiger partial charge in [-0.15, -0.1) is 37.2 Å². The van der Waals surface area contributed by atoms with Gasteiger partial charge in [-0.05, 0) is 44.0 Å². The van der Waals surface area contributed by atoms with E-state index >= 15 is 0 Å². The van der Waals surface area contributed by atoms with Crippen molar-refractivity contribution in [2.24, 2.45) is 5.73 Å². The number of nitrogens with one attached hydrogen (secondary N) is 4. The van der Waals surface area contributed by atoms with Gasteiger partial charge >= 0.3 is 0 Å². The summed E-state index contributed by atoms with van der Waals surface area (Å²) >= 11 is 0. The molecule has 0 aliphatic heterocycles. The van der Waals surface area contributed by atoms with Crippen molar-refractivity contribution in [1.82, 2.24) is 20.3 Å². The van der Waals surface area contributed by atoms with Crippen molar-refractivity contribution in [1.29, 1.82) is 5.41 Å². The Balaban J connectivity index is 0.00000193.